The minimum absolute atomic E-state index is 0.241. The summed E-state index contributed by atoms with van der Waals surface area (Å²) in [5.74, 6) is -0.293. The fraction of sp³-hybridized carbons (Fsp3) is 0.222. The zero-order valence-corrected chi connectivity index (χ0v) is 9.63. The van der Waals surface area contributed by atoms with Gasteiger partial charge in [-0.1, -0.05) is 0 Å². The Kier molecular flexibility index (Phi) is 2.57. The van der Waals surface area contributed by atoms with Crippen molar-refractivity contribution in [3.63, 3.8) is 0 Å². The minimum atomic E-state index is -4.70. The molecule has 0 radical (unpaired) electrons. The molecule has 0 aliphatic carbocycles. The molecular formula is C9H6BrF3N2O. The Labute approximate surface area is 96.9 Å². The second-order valence-electron chi connectivity index (χ2n) is 3.19. The largest absolute Gasteiger partial charge is 0.573 e. The van der Waals surface area contributed by atoms with E-state index in [1.165, 1.54) is 16.8 Å². The van der Waals surface area contributed by atoms with Gasteiger partial charge in [0.1, 0.15) is 5.75 Å². The van der Waals surface area contributed by atoms with Crippen molar-refractivity contribution in [2.45, 2.75) is 6.36 Å². The van der Waals surface area contributed by atoms with Gasteiger partial charge in [-0.15, -0.1) is 13.2 Å². The van der Waals surface area contributed by atoms with E-state index in [9.17, 15) is 13.2 Å². The van der Waals surface area contributed by atoms with E-state index in [1.807, 2.05) is 0 Å². The Morgan fingerprint density at radius 1 is 1.38 bits per heavy atom. The molecule has 0 fully saturated rings. The molecule has 86 valence electrons. The summed E-state index contributed by atoms with van der Waals surface area (Å²) in [7, 11) is 1.69. The maximum Gasteiger partial charge on any atom is 0.573 e. The molecule has 0 spiro atoms. The van der Waals surface area contributed by atoms with Crippen molar-refractivity contribution < 1.29 is 17.9 Å². The average molecular weight is 295 g/mol. The van der Waals surface area contributed by atoms with Gasteiger partial charge in [-0.25, -0.2) is 0 Å². The summed E-state index contributed by atoms with van der Waals surface area (Å²) in [6.07, 6.45) is -3.00. The van der Waals surface area contributed by atoms with Crippen LogP contribution in [-0.4, -0.2) is 16.1 Å². The second kappa shape index (κ2) is 3.65. The van der Waals surface area contributed by atoms with Crippen LogP contribution in [0.15, 0.2) is 22.8 Å². The number of rotatable bonds is 1. The van der Waals surface area contributed by atoms with Gasteiger partial charge < -0.3 is 4.74 Å². The monoisotopic (exact) mass is 294 g/mol. The van der Waals surface area contributed by atoms with Gasteiger partial charge in [0, 0.05) is 24.7 Å². The highest BCUT2D eigenvalue weighted by Crippen LogP contribution is 2.33. The Bertz CT molecular complexity index is 535. The smallest absolute Gasteiger partial charge is 0.405 e. The predicted molar refractivity (Wildman–Crippen MR) is 55.1 cm³/mol. The van der Waals surface area contributed by atoms with Crippen LogP contribution in [0.2, 0.25) is 0 Å². The van der Waals surface area contributed by atoms with Crippen LogP contribution in [0, 0.1) is 0 Å². The van der Waals surface area contributed by atoms with E-state index in [2.05, 4.69) is 25.8 Å². The number of aryl methyl sites for hydroxylation is 1. The fourth-order valence-corrected chi connectivity index (χ4v) is 1.79. The Morgan fingerprint density at radius 3 is 2.69 bits per heavy atom. The van der Waals surface area contributed by atoms with Crippen molar-refractivity contribution in [3.8, 4) is 5.75 Å². The van der Waals surface area contributed by atoms with E-state index in [0.717, 1.165) is 5.39 Å². The molecule has 0 N–H and O–H groups in total. The van der Waals surface area contributed by atoms with Crippen LogP contribution in [-0.2, 0) is 7.05 Å². The van der Waals surface area contributed by atoms with Crippen molar-refractivity contribution in [1.82, 2.24) is 9.78 Å². The number of hydrogen-bond acceptors (Lipinski definition) is 2. The number of aromatic nitrogens is 2. The third-order valence-corrected chi connectivity index (χ3v) is 2.52. The molecule has 0 bridgehead atoms. The molecular weight excluding hydrogens is 289 g/mol. The lowest BCUT2D eigenvalue weighted by molar-refractivity contribution is -0.274. The molecule has 0 saturated heterocycles. The van der Waals surface area contributed by atoms with Crippen LogP contribution in [0.3, 0.4) is 0 Å². The van der Waals surface area contributed by atoms with Crippen LogP contribution >= 0.6 is 15.9 Å². The topological polar surface area (TPSA) is 27.1 Å². The number of benzene rings is 1. The minimum Gasteiger partial charge on any atom is -0.405 e. The van der Waals surface area contributed by atoms with Crippen LogP contribution in [0.4, 0.5) is 13.2 Å². The van der Waals surface area contributed by atoms with E-state index in [0.29, 0.717) is 5.52 Å². The number of fused-ring (bicyclic) bond motifs is 1. The van der Waals surface area contributed by atoms with Gasteiger partial charge in [-0.2, -0.15) is 5.10 Å². The molecule has 2 aromatic rings. The summed E-state index contributed by atoms with van der Waals surface area (Å²) in [4.78, 5) is 0. The number of alkyl halides is 3. The van der Waals surface area contributed by atoms with E-state index >= 15 is 0 Å². The zero-order chi connectivity index (χ0) is 11.9. The van der Waals surface area contributed by atoms with E-state index in [1.54, 1.807) is 13.2 Å². The lowest BCUT2D eigenvalue weighted by Gasteiger charge is -2.09. The lowest BCUT2D eigenvalue weighted by atomic mass is 10.2. The highest BCUT2D eigenvalue weighted by Gasteiger charge is 2.32. The normalized spacial score (nSPS) is 12.1. The second-order valence-corrected chi connectivity index (χ2v) is 4.05. The van der Waals surface area contributed by atoms with Crippen LogP contribution in [0.25, 0.3) is 10.9 Å². The summed E-state index contributed by atoms with van der Waals surface area (Å²) in [6.45, 7) is 0. The van der Waals surface area contributed by atoms with Crippen molar-refractivity contribution >= 4 is 26.8 Å². The molecule has 16 heavy (non-hydrogen) atoms. The summed E-state index contributed by atoms with van der Waals surface area (Å²) in [6, 6.07) is 2.77. The molecule has 1 aromatic heterocycles. The molecule has 0 atom stereocenters. The van der Waals surface area contributed by atoms with Gasteiger partial charge in [0.25, 0.3) is 0 Å². The quantitative estimate of drug-likeness (QED) is 0.807. The van der Waals surface area contributed by atoms with E-state index in [-0.39, 0.29) is 10.2 Å². The van der Waals surface area contributed by atoms with Crippen LogP contribution in [0.1, 0.15) is 0 Å². The maximum atomic E-state index is 12.1. The Morgan fingerprint density at radius 2 is 2.06 bits per heavy atom. The van der Waals surface area contributed by atoms with Gasteiger partial charge in [-0.05, 0) is 22.0 Å². The highest BCUT2D eigenvalue weighted by atomic mass is 79.9. The van der Waals surface area contributed by atoms with E-state index < -0.39 is 6.36 Å². The van der Waals surface area contributed by atoms with Crippen molar-refractivity contribution in [3.05, 3.63) is 22.8 Å². The molecule has 0 saturated carbocycles. The lowest BCUT2D eigenvalue weighted by Crippen LogP contribution is -2.17. The van der Waals surface area contributed by atoms with Gasteiger partial charge >= 0.3 is 6.36 Å². The van der Waals surface area contributed by atoms with Crippen molar-refractivity contribution in [2.24, 2.45) is 7.05 Å². The zero-order valence-electron chi connectivity index (χ0n) is 8.05. The number of halogens is 4. The van der Waals surface area contributed by atoms with Gasteiger partial charge in [0.2, 0.25) is 0 Å². The summed E-state index contributed by atoms with van der Waals surface area (Å²) in [5, 5.41) is 4.73. The molecule has 3 nitrogen and oxygen atoms in total. The first-order valence-electron chi connectivity index (χ1n) is 4.24. The molecule has 0 amide bonds. The average Bonchev–Trinajstić information content (AvgIpc) is 2.42. The molecule has 1 aromatic carbocycles. The summed E-state index contributed by atoms with van der Waals surface area (Å²) in [5.41, 5.74) is 0.449. The first-order chi connectivity index (χ1) is 7.35. The maximum absolute atomic E-state index is 12.1. The van der Waals surface area contributed by atoms with Crippen LogP contribution in [0.5, 0.6) is 5.75 Å². The molecule has 2 rings (SSSR count). The van der Waals surface area contributed by atoms with Crippen LogP contribution < -0.4 is 4.74 Å². The predicted octanol–water partition coefficient (Wildman–Crippen LogP) is 3.23. The van der Waals surface area contributed by atoms with Gasteiger partial charge in [0.15, 0.2) is 0 Å². The molecule has 1 heterocycles. The van der Waals surface area contributed by atoms with Gasteiger partial charge in [-0.3, -0.25) is 4.68 Å². The van der Waals surface area contributed by atoms with Gasteiger partial charge in [0.05, 0.1) is 9.99 Å². The number of nitrogens with zero attached hydrogens (tertiary/aromatic N) is 2. The standard InChI is InChI=1S/C9H6BrF3N2O/c1-15-4-5-2-6(10)8(3-7(5)14-15)16-9(11,12)13/h2-4H,1H3. The number of hydrogen-bond donors (Lipinski definition) is 0. The van der Waals surface area contributed by atoms with E-state index in [4.69, 9.17) is 0 Å². The first kappa shape index (κ1) is 11.3. The van der Waals surface area contributed by atoms with Crippen molar-refractivity contribution in [2.75, 3.05) is 0 Å². The third-order valence-electron chi connectivity index (χ3n) is 1.90. The Hall–Kier alpha value is -1.24. The summed E-state index contributed by atoms with van der Waals surface area (Å²) >= 11 is 3.02. The summed E-state index contributed by atoms with van der Waals surface area (Å²) < 4.78 is 41.8. The first-order valence-corrected chi connectivity index (χ1v) is 5.03. The third kappa shape index (κ3) is 2.29. The molecule has 0 aliphatic rings. The fourth-order valence-electron chi connectivity index (χ4n) is 1.35. The van der Waals surface area contributed by atoms with Crippen molar-refractivity contribution in [1.29, 1.82) is 0 Å². The molecule has 0 unspecified atom stereocenters. The SMILES string of the molecule is Cn1cc2cc(Br)c(OC(F)(F)F)cc2n1. The molecule has 7 heteroatoms. The highest BCUT2D eigenvalue weighted by molar-refractivity contribution is 9.10. The Balaban J connectivity index is 2.49. The number of ether oxygens (including phenoxy) is 1. The molecule has 0 aliphatic heterocycles.